The molecule has 0 aliphatic heterocycles. The Bertz CT molecular complexity index is 721. The maximum atomic E-state index is 11.8. The molecule has 2 aromatic carbocycles. The molecule has 2 rings (SSSR count). The summed E-state index contributed by atoms with van der Waals surface area (Å²) in [7, 11) is 0. The average molecular weight is 423 g/mol. The zero-order chi connectivity index (χ0) is 20.2. The van der Waals surface area contributed by atoms with E-state index in [-0.39, 0.29) is 12.1 Å². The number of unbranched alkanes of at least 4 members (excludes halogenated alkanes) is 3. The predicted molar refractivity (Wildman–Crippen MR) is 115 cm³/mol. The highest BCUT2D eigenvalue weighted by molar-refractivity contribution is 6.34. The van der Waals surface area contributed by atoms with Crippen LogP contribution in [0.2, 0.25) is 10.0 Å². The Labute approximate surface area is 175 Å². The summed E-state index contributed by atoms with van der Waals surface area (Å²) in [6.45, 7) is 1.16. The fourth-order valence-corrected chi connectivity index (χ4v) is 2.83. The lowest BCUT2D eigenvalue weighted by Gasteiger charge is -2.09. The molecule has 4 amide bonds. The summed E-state index contributed by atoms with van der Waals surface area (Å²) in [5, 5.41) is 12.0. The molecule has 0 saturated carbocycles. The van der Waals surface area contributed by atoms with Gasteiger partial charge in [0.25, 0.3) is 0 Å². The van der Waals surface area contributed by atoms with E-state index in [4.69, 9.17) is 23.2 Å². The molecule has 0 fully saturated rings. The van der Waals surface area contributed by atoms with Crippen LogP contribution in [-0.2, 0) is 0 Å². The molecule has 0 saturated heterocycles. The second kappa shape index (κ2) is 12.1. The molecule has 150 valence electrons. The van der Waals surface area contributed by atoms with E-state index in [2.05, 4.69) is 21.3 Å². The monoisotopic (exact) mass is 422 g/mol. The van der Waals surface area contributed by atoms with Crippen LogP contribution >= 0.6 is 23.2 Å². The number of anilines is 2. The molecule has 0 heterocycles. The van der Waals surface area contributed by atoms with E-state index in [1.807, 2.05) is 12.1 Å². The number of amides is 4. The number of para-hydroxylation sites is 2. The highest BCUT2D eigenvalue weighted by Crippen LogP contribution is 2.20. The molecule has 0 aliphatic carbocycles. The van der Waals surface area contributed by atoms with Gasteiger partial charge in [-0.1, -0.05) is 60.3 Å². The molecule has 0 atom stereocenters. The molecular weight excluding hydrogens is 399 g/mol. The summed E-state index contributed by atoms with van der Waals surface area (Å²) in [5.41, 5.74) is 1.17. The minimum absolute atomic E-state index is 0.272. The quantitative estimate of drug-likeness (QED) is 0.402. The number of hydrogen-bond acceptors (Lipinski definition) is 2. The zero-order valence-electron chi connectivity index (χ0n) is 15.4. The summed E-state index contributed by atoms with van der Waals surface area (Å²) in [6, 6.07) is 13.6. The van der Waals surface area contributed by atoms with Crippen LogP contribution in [0.1, 0.15) is 25.7 Å². The third-order valence-corrected chi connectivity index (χ3v) is 4.58. The molecule has 0 aliphatic rings. The van der Waals surface area contributed by atoms with Crippen molar-refractivity contribution < 1.29 is 9.59 Å². The largest absolute Gasteiger partial charge is 0.338 e. The van der Waals surface area contributed by atoms with Crippen LogP contribution in [-0.4, -0.2) is 25.2 Å². The standard InChI is InChI=1S/C20H24Cl2N4O2/c21-15-9-3-5-11-17(15)25-19(27)23-13-7-1-2-8-14-24-20(28)26-18-12-6-4-10-16(18)22/h3-6,9-12H,1-2,7-8,13-14H2,(H2,23,25,27)(H2,24,26,28). The van der Waals surface area contributed by atoms with Crippen molar-refractivity contribution in [3.8, 4) is 0 Å². The van der Waals surface area contributed by atoms with Crippen molar-refractivity contribution in [1.29, 1.82) is 0 Å². The van der Waals surface area contributed by atoms with E-state index in [1.165, 1.54) is 0 Å². The molecule has 4 N–H and O–H groups in total. The number of halogens is 2. The fraction of sp³-hybridized carbons (Fsp3) is 0.300. The van der Waals surface area contributed by atoms with Gasteiger partial charge in [0.05, 0.1) is 21.4 Å². The Kier molecular flexibility index (Phi) is 9.45. The number of benzene rings is 2. The van der Waals surface area contributed by atoms with Crippen molar-refractivity contribution in [2.45, 2.75) is 25.7 Å². The van der Waals surface area contributed by atoms with Crippen molar-refractivity contribution in [1.82, 2.24) is 10.6 Å². The van der Waals surface area contributed by atoms with Gasteiger partial charge in [-0.25, -0.2) is 9.59 Å². The fourth-order valence-electron chi connectivity index (χ4n) is 2.47. The minimum atomic E-state index is -0.272. The highest BCUT2D eigenvalue weighted by atomic mass is 35.5. The SMILES string of the molecule is O=C(NCCCCCCNC(=O)Nc1ccccc1Cl)Nc1ccccc1Cl. The van der Waals surface area contributed by atoms with Gasteiger partial charge in [-0.2, -0.15) is 0 Å². The average Bonchev–Trinajstić information content (AvgIpc) is 2.67. The Morgan fingerprint density at radius 1 is 0.643 bits per heavy atom. The third kappa shape index (κ3) is 8.06. The van der Waals surface area contributed by atoms with Gasteiger partial charge in [0.1, 0.15) is 0 Å². The first-order valence-corrected chi connectivity index (χ1v) is 9.90. The minimum Gasteiger partial charge on any atom is -0.338 e. The number of rotatable bonds is 9. The second-order valence-electron chi connectivity index (χ2n) is 6.14. The van der Waals surface area contributed by atoms with Crippen molar-refractivity contribution in [2.75, 3.05) is 23.7 Å². The summed E-state index contributed by atoms with van der Waals surface area (Å²) in [5.74, 6) is 0. The smallest absolute Gasteiger partial charge is 0.319 e. The van der Waals surface area contributed by atoms with E-state index in [0.29, 0.717) is 34.5 Å². The molecule has 8 heteroatoms. The van der Waals surface area contributed by atoms with Gasteiger partial charge in [0.15, 0.2) is 0 Å². The van der Waals surface area contributed by atoms with Crippen molar-refractivity contribution in [2.24, 2.45) is 0 Å². The van der Waals surface area contributed by atoms with E-state index >= 15 is 0 Å². The Morgan fingerprint density at radius 3 is 1.43 bits per heavy atom. The summed E-state index contributed by atoms with van der Waals surface area (Å²) < 4.78 is 0. The number of carbonyl (C=O) groups excluding carboxylic acids is 2. The number of urea groups is 2. The van der Waals surface area contributed by atoms with Crippen LogP contribution in [0.5, 0.6) is 0 Å². The molecule has 0 radical (unpaired) electrons. The Morgan fingerprint density at radius 2 is 1.04 bits per heavy atom. The van der Waals surface area contributed by atoms with Gasteiger partial charge in [0.2, 0.25) is 0 Å². The molecule has 0 bridgehead atoms. The summed E-state index contributed by atoms with van der Waals surface area (Å²) in [6.07, 6.45) is 3.64. The van der Waals surface area contributed by atoms with Crippen molar-refractivity contribution in [3.63, 3.8) is 0 Å². The normalized spacial score (nSPS) is 10.2. The molecule has 0 aromatic heterocycles. The Hall–Kier alpha value is -2.44. The highest BCUT2D eigenvalue weighted by Gasteiger charge is 2.05. The number of carbonyl (C=O) groups is 2. The summed E-state index contributed by atoms with van der Waals surface area (Å²) >= 11 is 12.0. The first-order chi connectivity index (χ1) is 13.6. The van der Waals surface area contributed by atoms with E-state index < -0.39 is 0 Å². The van der Waals surface area contributed by atoms with Gasteiger partial charge in [-0.3, -0.25) is 0 Å². The lowest BCUT2D eigenvalue weighted by Crippen LogP contribution is -2.30. The lowest BCUT2D eigenvalue weighted by atomic mass is 10.2. The lowest BCUT2D eigenvalue weighted by molar-refractivity contribution is 0.250. The maximum absolute atomic E-state index is 11.8. The molecular formula is C20H24Cl2N4O2. The molecule has 2 aromatic rings. The molecule has 0 spiro atoms. The molecule has 6 nitrogen and oxygen atoms in total. The van der Waals surface area contributed by atoms with Crippen LogP contribution in [0.3, 0.4) is 0 Å². The van der Waals surface area contributed by atoms with Gasteiger partial charge in [0, 0.05) is 13.1 Å². The van der Waals surface area contributed by atoms with Crippen LogP contribution in [0.15, 0.2) is 48.5 Å². The van der Waals surface area contributed by atoms with Crippen molar-refractivity contribution in [3.05, 3.63) is 58.6 Å². The number of nitrogens with one attached hydrogen (secondary N) is 4. The van der Waals surface area contributed by atoms with Crippen molar-refractivity contribution >= 4 is 46.6 Å². The Balaban J connectivity index is 1.48. The van der Waals surface area contributed by atoms with E-state index in [1.54, 1.807) is 36.4 Å². The first kappa shape index (κ1) is 21.9. The first-order valence-electron chi connectivity index (χ1n) is 9.15. The van der Waals surface area contributed by atoms with Gasteiger partial charge < -0.3 is 21.3 Å². The topological polar surface area (TPSA) is 82.3 Å². The van der Waals surface area contributed by atoms with E-state index in [9.17, 15) is 9.59 Å². The van der Waals surface area contributed by atoms with Crippen LogP contribution in [0.25, 0.3) is 0 Å². The maximum Gasteiger partial charge on any atom is 0.319 e. The van der Waals surface area contributed by atoms with Gasteiger partial charge in [-0.05, 0) is 37.1 Å². The van der Waals surface area contributed by atoms with Crippen LogP contribution in [0.4, 0.5) is 21.0 Å². The summed E-state index contributed by atoms with van der Waals surface area (Å²) in [4.78, 5) is 23.6. The molecule has 0 unspecified atom stereocenters. The van der Waals surface area contributed by atoms with Gasteiger partial charge in [-0.15, -0.1) is 0 Å². The predicted octanol–water partition coefficient (Wildman–Crippen LogP) is 5.50. The zero-order valence-corrected chi connectivity index (χ0v) is 16.9. The number of hydrogen-bond donors (Lipinski definition) is 4. The van der Waals surface area contributed by atoms with Gasteiger partial charge >= 0.3 is 12.1 Å². The van der Waals surface area contributed by atoms with Crippen LogP contribution < -0.4 is 21.3 Å². The van der Waals surface area contributed by atoms with E-state index in [0.717, 1.165) is 25.7 Å². The van der Waals surface area contributed by atoms with Crippen LogP contribution in [0, 0.1) is 0 Å². The third-order valence-electron chi connectivity index (χ3n) is 3.92. The second-order valence-corrected chi connectivity index (χ2v) is 6.95. The molecule has 28 heavy (non-hydrogen) atoms.